The molecule has 2 N–H and O–H groups in total. The standard InChI is InChI=1S/C30H30N4O4/c1-6-38-23-13-11-18(16-19(23)30(3,4)5)26(35)24-25(21-9-7-8-14-31-21)34(28(37)27(24)36)29-32-20-12-10-17(2)15-22(20)33-29/h7-16,25,35H,6H2,1-5H3,(H,32,33)/b26-24+. The molecule has 1 aliphatic rings. The highest BCUT2D eigenvalue weighted by Gasteiger charge is 2.49. The maximum Gasteiger partial charge on any atom is 0.302 e. The number of carbonyl (C=O) groups excluding carboxylic acids is 2. The summed E-state index contributed by atoms with van der Waals surface area (Å²) in [5.41, 5.74) is 3.82. The van der Waals surface area contributed by atoms with Gasteiger partial charge in [-0.15, -0.1) is 0 Å². The van der Waals surface area contributed by atoms with Crippen LogP contribution < -0.4 is 9.64 Å². The first-order chi connectivity index (χ1) is 18.1. The van der Waals surface area contributed by atoms with Gasteiger partial charge >= 0.3 is 5.91 Å². The second-order valence-corrected chi connectivity index (χ2v) is 10.4. The molecule has 1 unspecified atom stereocenters. The number of ketones is 1. The van der Waals surface area contributed by atoms with E-state index in [4.69, 9.17) is 4.74 Å². The molecular formula is C30H30N4O4. The topological polar surface area (TPSA) is 108 Å². The summed E-state index contributed by atoms with van der Waals surface area (Å²) in [5.74, 6) is -0.955. The van der Waals surface area contributed by atoms with Gasteiger partial charge in [0, 0.05) is 17.3 Å². The molecule has 1 saturated heterocycles. The zero-order valence-corrected chi connectivity index (χ0v) is 22.1. The van der Waals surface area contributed by atoms with E-state index >= 15 is 0 Å². The van der Waals surface area contributed by atoms with Gasteiger partial charge in [-0.1, -0.05) is 32.9 Å². The highest BCUT2D eigenvalue weighted by molar-refractivity contribution is 6.51. The Bertz CT molecular complexity index is 1580. The number of Topliss-reactive ketones (excluding diaryl/α,β-unsaturated/α-hetero) is 1. The van der Waals surface area contributed by atoms with Crippen LogP contribution in [0.15, 0.2) is 66.4 Å². The average molecular weight is 511 g/mol. The molecule has 194 valence electrons. The molecule has 1 atom stereocenters. The van der Waals surface area contributed by atoms with Gasteiger partial charge in [-0.2, -0.15) is 0 Å². The molecule has 2 aromatic heterocycles. The second-order valence-electron chi connectivity index (χ2n) is 10.4. The third-order valence-corrected chi connectivity index (χ3v) is 6.63. The minimum atomic E-state index is -0.970. The van der Waals surface area contributed by atoms with Gasteiger partial charge in [-0.25, -0.2) is 4.98 Å². The SMILES string of the molecule is CCOc1ccc(/C(O)=C2\C(=O)C(=O)N(c3nc4ccc(C)cc4[nH]3)C2c2ccccn2)cc1C(C)(C)C. The number of fused-ring (bicyclic) bond motifs is 1. The molecule has 3 heterocycles. The number of pyridine rings is 1. The van der Waals surface area contributed by atoms with Crippen molar-refractivity contribution in [2.24, 2.45) is 0 Å². The number of nitrogens with zero attached hydrogens (tertiary/aromatic N) is 3. The van der Waals surface area contributed by atoms with Crippen LogP contribution in [-0.2, 0) is 15.0 Å². The second kappa shape index (κ2) is 9.45. The summed E-state index contributed by atoms with van der Waals surface area (Å²) in [7, 11) is 0. The van der Waals surface area contributed by atoms with Gasteiger partial charge in [0.05, 0.1) is 28.9 Å². The van der Waals surface area contributed by atoms with Crippen LogP contribution in [0, 0.1) is 6.92 Å². The number of rotatable bonds is 5. The third-order valence-electron chi connectivity index (χ3n) is 6.63. The Morgan fingerprint density at radius 1 is 1.11 bits per heavy atom. The quantitative estimate of drug-likeness (QED) is 0.206. The van der Waals surface area contributed by atoms with E-state index in [0.717, 1.165) is 16.6 Å². The summed E-state index contributed by atoms with van der Waals surface area (Å²) in [5, 5.41) is 11.6. The van der Waals surface area contributed by atoms with Crippen molar-refractivity contribution in [1.82, 2.24) is 15.0 Å². The fourth-order valence-electron chi connectivity index (χ4n) is 4.79. The number of hydrogen-bond donors (Lipinski definition) is 2. The van der Waals surface area contributed by atoms with Crippen molar-refractivity contribution in [3.05, 3.63) is 88.8 Å². The summed E-state index contributed by atoms with van der Waals surface area (Å²) < 4.78 is 5.82. The lowest BCUT2D eigenvalue weighted by molar-refractivity contribution is -0.132. The lowest BCUT2D eigenvalue weighted by Crippen LogP contribution is -2.30. The van der Waals surface area contributed by atoms with Crippen molar-refractivity contribution in [3.63, 3.8) is 0 Å². The number of aliphatic hydroxyl groups excluding tert-OH is 1. The normalized spacial score (nSPS) is 17.4. The number of aromatic nitrogens is 3. The van der Waals surface area contributed by atoms with E-state index in [0.29, 0.717) is 29.1 Å². The number of benzene rings is 2. The molecule has 38 heavy (non-hydrogen) atoms. The first kappa shape index (κ1) is 25.2. The van der Waals surface area contributed by atoms with Gasteiger partial charge in [0.2, 0.25) is 5.95 Å². The number of carbonyl (C=O) groups is 2. The van der Waals surface area contributed by atoms with E-state index in [-0.39, 0.29) is 22.7 Å². The van der Waals surface area contributed by atoms with Crippen molar-refractivity contribution in [1.29, 1.82) is 0 Å². The third kappa shape index (κ3) is 4.32. The molecule has 0 spiro atoms. The minimum Gasteiger partial charge on any atom is -0.507 e. The summed E-state index contributed by atoms with van der Waals surface area (Å²) >= 11 is 0. The molecule has 4 aromatic rings. The Kier molecular flexibility index (Phi) is 6.26. The van der Waals surface area contributed by atoms with Crippen molar-refractivity contribution < 1.29 is 19.4 Å². The van der Waals surface area contributed by atoms with E-state index in [9.17, 15) is 14.7 Å². The molecule has 0 bridgehead atoms. The van der Waals surface area contributed by atoms with Crippen LogP contribution in [0.3, 0.4) is 0 Å². The molecule has 5 rings (SSSR count). The Hall–Kier alpha value is -4.46. The van der Waals surface area contributed by atoms with Gasteiger partial charge in [0.25, 0.3) is 5.78 Å². The molecule has 1 amide bonds. The number of aliphatic hydroxyl groups is 1. The Labute approximate surface area is 221 Å². The molecule has 8 nitrogen and oxygen atoms in total. The van der Waals surface area contributed by atoms with Gasteiger partial charge < -0.3 is 14.8 Å². The first-order valence-corrected chi connectivity index (χ1v) is 12.6. The monoisotopic (exact) mass is 510 g/mol. The van der Waals surface area contributed by atoms with Crippen LogP contribution in [-0.4, -0.2) is 38.4 Å². The predicted octanol–water partition coefficient (Wildman–Crippen LogP) is 5.59. The summed E-state index contributed by atoms with van der Waals surface area (Å²) in [6.45, 7) is 10.5. The number of aromatic amines is 1. The fraction of sp³-hybridized carbons (Fsp3) is 0.267. The van der Waals surface area contributed by atoms with Crippen LogP contribution in [0.1, 0.15) is 56.1 Å². The maximum atomic E-state index is 13.5. The van der Waals surface area contributed by atoms with E-state index in [1.165, 1.54) is 4.90 Å². The molecule has 8 heteroatoms. The number of imidazole rings is 1. The molecule has 0 radical (unpaired) electrons. The summed E-state index contributed by atoms with van der Waals surface area (Å²) in [4.78, 5) is 40.5. The van der Waals surface area contributed by atoms with Crippen LogP contribution in [0.25, 0.3) is 16.8 Å². The number of hydrogen-bond acceptors (Lipinski definition) is 6. The predicted molar refractivity (Wildman–Crippen MR) is 146 cm³/mol. The molecule has 0 saturated carbocycles. The molecule has 1 fully saturated rings. The lowest BCUT2D eigenvalue weighted by atomic mass is 9.84. The highest BCUT2D eigenvalue weighted by atomic mass is 16.5. The van der Waals surface area contributed by atoms with Gasteiger partial charge in [-0.05, 0) is 67.3 Å². The number of ether oxygens (including phenoxy) is 1. The van der Waals surface area contributed by atoms with Gasteiger partial charge in [-0.3, -0.25) is 19.5 Å². The van der Waals surface area contributed by atoms with Crippen LogP contribution in [0.4, 0.5) is 5.95 Å². The highest BCUT2D eigenvalue weighted by Crippen LogP contribution is 2.42. The zero-order chi connectivity index (χ0) is 27.2. The summed E-state index contributed by atoms with van der Waals surface area (Å²) in [6, 6.07) is 15.3. The van der Waals surface area contributed by atoms with E-state index in [1.807, 2.05) is 58.9 Å². The van der Waals surface area contributed by atoms with Crippen molar-refractivity contribution in [2.45, 2.75) is 46.1 Å². The molecule has 2 aromatic carbocycles. The molecular weight excluding hydrogens is 480 g/mol. The van der Waals surface area contributed by atoms with Gasteiger partial charge in [0.1, 0.15) is 17.6 Å². The van der Waals surface area contributed by atoms with Gasteiger partial charge in [0.15, 0.2) is 0 Å². The van der Waals surface area contributed by atoms with E-state index in [2.05, 4.69) is 15.0 Å². The van der Waals surface area contributed by atoms with Crippen LogP contribution in [0.2, 0.25) is 0 Å². The first-order valence-electron chi connectivity index (χ1n) is 12.6. The Balaban J connectivity index is 1.71. The number of amides is 1. The number of nitrogens with one attached hydrogen (secondary N) is 1. The van der Waals surface area contributed by atoms with Crippen LogP contribution in [0.5, 0.6) is 5.75 Å². The van der Waals surface area contributed by atoms with E-state index in [1.54, 1.807) is 36.5 Å². The fourth-order valence-corrected chi connectivity index (χ4v) is 4.79. The Morgan fingerprint density at radius 3 is 2.58 bits per heavy atom. The number of H-pyrrole nitrogens is 1. The number of aryl methyl sites for hydroxylation is 1. The maximum absolute atomic E-state index is 13.5. The van der Waals surface area contributed by atoms with Crippen molar-refractivity contribution >= 4 is 34.4 Å². The smallest absolute Gasteiger partial charge is 0.302 e. The Morgan fingerprint density at radius 2 is 1.89 bits per heavy atom. The van der Waals surface area contributed by atoms with E-state index < -0.39 is 17.7 Å². The van der Waals surface area contributed by atoms with Crippen molar-refractivity contribution in [3.8, 4) is 5.75 Å². The molecule has 1 aliphatic heterocycles. The average Bonchev–Trinajstić information content (AvgIpc) is 3.41. The largest absolute Gasteiger partial charge is 0.507 e. The van der Waals surface area contributed by atoms with Crippen LogP contribution >= 0.6 is 0 Å². The number of anilines is 1. The molecule has 0 aliphatic carbocycles. The minimum absolute atomic E-state index is 0.0469. The summed E-state index contributed by atoms with van der Waals surface area (Å²) in [6.07, 6.45) is 1.59. The lowest BCUT2D eigenvalue weighted by Gasteiger charge is -2.24. The van der Waals surface area contributed by atoms with Crippen molar-refractivity contribution in [2.75, 3.05) is 11.5 Å². The zero-order valence-electron chi connectivity index (χ0n) is 22.1.